The third-order valence-corrected chi connectivity index (χ3v) is 4.84. The van der Waals surface area contributed by atoms with Crippen molar-refractivity contribution < 1.29 is 9.59 Å². The first kappa shape index (κ1) is 14.8. The summed E-state index contributed by atoms with van der Waals surface area (Å²) in [7, 11) is 0. The SMILES string of the molecule is NC(=O)[C@H]1Cc2ccccc2CN1C(=O)CCc1ccsc1. The molecule has 22 heavy (non-hydrogen) atoms. The summed E-state index contributed by atoms with van der Waals surface area (Å²) in [6.07, 6.45) is 1.62. The second kappa shape index (κ2) is 6.32. The lowest BCUT2D eigenvalue weighted by molar-refractivity contribution is -0.140. The van der Waals surface area contributed by atoms with E-state index >= 15 is 0 Å². The second-order valence-electron chi connectivity index (χ2n) is 5.54. The van der Waals surface area contributed by atoms with Crippen molar-refractivity contribution in [3.05, 3.63) is 57.8 Å². The molecule has 0 unspecified atom stereocenters. The Hall–Kier alpha value is -2.14. The van der Waals surface area contributed by atoms with Gasteiger partial charge in [-0.15, -0.1) is 0 Å². The Morgan fingerprint density at radius 1 is 1.23 bits per heavy atom. The molecule has 114 valence electrons. The van der Waals surface area contributed by atoms with Crippen LogP contribution in [0, 0.1) is 0 Å². The van der Waals surface area contributed by atoms with Gasteiger partial charge in [0.15, 0.2) is 0 Å². The normalized spacial score (nSPS) is 17.1. The van der Waals surface area contributed by atoms with Crippen molar-refractivity contribution >= 4 is 23.2 Å². The first-order valence-electron chi connectivity index (χ1n) is 7.32. The topological polar surface area (TPSA) is 63.4 Å². The second-order valence-corrected chi connectivity index (χ2v) is 6.32. The Bertz CT molecular complexity index is 682. The summed E-state index contributed by atoms with van der Waals surface area (Å²) in [5.41, 5.74) is 8.88. The van der Waals surface area contributed by atoms with Crippen LogP contribution < -0.4 is 5.73 Å². The highest BCUT2D eigenvalue weighted by Gasteiger charge is 2.32. The van der Waals surface area contributed by atoms with Crippen LogP contribution >= 0.6 is 11.3 Å². The molecule has 5 heteroatoms. The zero-order valence-corrected chi connectivity index (χ0v) is 13.0. The summed E-state index contributed by atoms with van der Waals surface area (Å²) < 4.78 is 0. The number of nitrogens with two attached hydrogens (primary N) is 1. The van der Waals surface area contributed by atoms with Crippen LogP contribution in [0.3, 0.4) is 0 Å². The van der Waals surface area contributed by atoms with Gasteiger partial charge in [0.05, 0.1) is 0 Å². The van der Waals surface area contributed by atoms with Crippen LogP contribution in [0.1, 0.15) is 23.1 Å². The minimum Gasteiger partial charge on any atom is -0.368 e. The van der Waals surface area contributed by atoms with Crippen LogP contribution in [-0.4, -0.2) is 22.8 Å². The zero-order chi connectivity index (χ0) is 15.5. The van der Waals surface area contributed by atoms with Gasteiger partial charge in [-0.25, -0.2) is 0 Å². The van der Waals surface area contributed by atoms with Crippen LogP contribution in [0.25, 0.3) is 0 Å². The number of hydrogen-bond donors (Lipinski definition) is 1. The fourth-order valence-corrected chi connectivity index (χ4v) is 3.57. The van der Waals surface area contributed by atoms with Gasteiger partial charge in [-0.2, -0.15) is 11.3 Å². The lowest BCUT2D eigenvalue weighted by atomic mass is 9.93. The standard InChI is InChI=1S/C17H18N2O2S/c18-17(21)15-9-13-3-1-2-4-14(13)10-19(15)16(20)6-5-12-7-8-22-11-12/h1-4,7-8,11,15H,5-6,9-10H2,(H2,18,21)/t15-/m1/s1. The number of hydrogen-bond acceptors (Lipinski definition) is 3. The molecule has 0 bridgehead atoms. The van der Waals surface area contributed by atoms with Gasteiger partial charge in [0.1, 0.15) is 6.04 Å². The van der Waals surface area contributed by atoms with Crippen LogP contribution in [0.15, 0.2) is 41.1 Å². The number of rotatable bonds is 4. The molecule has 1 aromatic carbocycles. The highest BCUT2D eigenvalue weighted by molar-refractivity contribution is 7.07. The summed E-state index contributed by atoms with van der Waals surface area (Å²) in [6, 6.07) is 9.39. The molecular weight excluding hydrogens is 296 g/mol. The molecule has 1 aliphatic rings. The minimum absolute atomic E-state index is 0.00972. The number of thiophene rings is 1. The Kier molecular flexibility index (Phi) is 4.24. The molecule has 1 atom stereocenters. The number of carbonyl (C=O) groups is 2. The number of aryl methyl sites for hydroxylation is 1. The molecule has 0 spiro atoms. The molecule has 2 aromatic rings. The molecule has 4 nitrogen and oxygen atoms in total. The van der Waals surface area contributed by atoms with Gasteiger partial charge >= 0.3 is 0 Å². The van der Waals surface area contributed by atoms with E-state index in [1.165, 1.54) is 0 Å². The van der Waals surface area contributed by atoms with Gasteiger partial charge < -0.3 is 10.6 Å². The first-order chi connectivity index (χ1) is 10.6. The molecule has 0 aliphatic carbocycles. The third-order valence-electron chi connectivity index (χ3n) is 4.10. The Balaban J connectivity index is 1.75. The largest absolute Gasteiger partial charge is 0.368 e. The van der Waals surface area contributed by atoms with Gasteiger partial charge in [-0.3, -0.25) is 9.59 Å². The van der Waals surface area contributed by atoms with E-state index in [2.05, 4.69) is 0 Å². The van der Waals surface area contributed by atoms with E-state index in [0.717, 1.165) is 16.7 Å². The smallest absolute Gasteiger partial charge is 0.240 e. The van der Waals surface area contributed by atoms with Crippen molar-refractivity contribution in [3.63, 3.8) is 0 Å². The van der Waals surface area contributed by atoms with Crippen LogP contribution in [0.5, 0.6) is 0 Å². The Labute approximate surface area is 133 Å². The highest BCUT2D eigenvalue weighted by atomic mass is 32.1. The van der Waals surface area contributed by atoms with Gasteiger partial charge in [0, 0.05) is 19.4 Å². The van der Waals surface area contributed by atoms with Crippen LogP contribution in [0.4, 0.5) is 0 Å². The summed E-state index contributed by atoms with van der Waals surface area (Å²) in [5, 5.41) is 4.05. The molecule has 0 fully saturated rings. The molecule has 1 aromatic heterocycles. The minimum atomic E-state index is -0.537. The van der Waals surface area contributed by atoms with Crippen molar-refractivity contribution in [2.24, 2.45) is 5.73 Å². The average Bonchev–Trinajstić information content (AvgIpc) is 3.04. The molecule has 1 aliphatic heterocycles. The maximum atomic E-state index is 12.5. The summed E-state index contributed by atoms with van der Waals surface area (Å²) in [5.74, 6) is -0.442. The third kappa shape index (κ3) is 3.04. The maximum Gasteiger partial charge on any atom is 0.240 e. The molecule has 0 saturated heterocycles. The van der Waals surface area contributed by atoms with E-state index in [1.807, 2.05) is 41.1 Å². The molecule has 0 radical (unpaired) electrons. The fourth-order valence-electron chi connectivity index (χ4n) is 2.87. The monoisotopic (exact) mass is 314 g/mol. The Morgan fingerprint density at radius 3 is 2.68 bits per heavy atom. The quantitative estimate of drug-likeness (QED) is 0.939. The van der Waals surface area contributed by atoms with Crippen molar-refractivity contribution in [2.75, 3.05) is 0 Å². The van der Waals surface area contributed by atoms with Gasteiger partial charge in [0.25, 0.3) is 0 Å². The van der Waals surface area contributed by atoms with E-state index in [0.29, 0.717) is 25.8 Å². The molecule has 3 rings (SSSR count). The molecular formula is C17H18N2O2S. The number of nitrogens with zero attached hydrogens (tertiary/aromatic N) is 1. The van der Waals surface area contributed by atoms with E-state index in [9.17, 15) is 9.59 Å². The molecule has 0 saturated carbocycles. The van der Waals surface area contributed by atoms with Crippen molar-refractivity contribution in [2.45, 2.75) is 31.8 Å². The van der Waals surface area contributed by atoms with E-state index < -0.39 is 11.9 Å². The maximum absolute atomic E-state index is 12.5. The fraction of sp³-hybridized carbons (Fsp3) is 0.294. The number of benzene rings is 1. The van der Waals surface area contributed by atoms with Crippen LogP contribution in [-0.2, 0) is 29.0 Å². The zero-order valence-electron chi connectivity index (χ0n) is 12.2. The predicted molar refractivity (Wildman–Crippen MR) is 86.3 cm³/mol. The van der Waals surface area contributed by atoms with E-state index in [4.69, 9.17) is 5.73 Å². The van der Waals surface area contributed by atoms with Crippen LogP contribution in [0.2, 0.25) is 0 Å². The number of primary amides is 1. The number of carbonyl (C=O) groups excluding carboxylic acids is 2. The molecule has 2 N–H and O–H groups in total. The first-order valence-corrected chi connectivity index (χ1v) is 8.26. The van der Waals surface area contributed by atoms with E-state index in [-0.39, 0.29) is 5.91 Å². The summed E-state index contributed by atoms with van der Waals surface area (Å²) in [6.45, 7) is 0.465. The summed E-state index contributed by atoms with van der Waals surface area (Å²) >= 11 is 1.62. The molecule has 2 heterocycles. The molecule has 2 amide bonds. The number of amides is 2. The van der Waals surface area contributed by atoms with Gasteiger partial charge in [-0.05, 0) is 39.9 Å². The van der Waals surface area contributed by atoms with Gasteiger partial charge in [-0.1, -0.05) is 24.3 Å². The Morgan fingerprint density at radius 2 is 2.00 bits per heavy atom. The average molecular weight is 314 g/mol. The lowest BCUT2D eigenvalue weighted by Crippen LogP contribution is -2.51. The number of fused-ring (bicyclic) bond motifs is 1. The van der Waals surface area contributed by atoms with Crippen molar-refractivity contribution in [1.29, 1.82) is 0 Å². The summed E-state index contributed by atoms with van der Waals surface area (Å²) in [4.78, 5) is 25.9. The highest BCUT2D eigenvalue weighted by Crippen LogP contribution is 2.24. The lowest BCUT2D eigenvalue weighted by Gasteiger charge is -2.35. The van der Waals surface area contributed by atoms with Crippen molar-refractivity contribution in [3.8, 4) is 0 Å². The van der Waals surface area contributed by atoms with E-state index in [1.54, 1.807) is 16.2 Å². The predicted octanol–water partition coefficient (Wildman–Crippen LogP) is 2.12. The van der Waals surface area contributed by atoms with Crippen molar-refractivity contribution in [1.82, 2.24) is 4.90 Å². The van der Waals surface area contributed by atoms with Gasteiger partial charge in [0.2, 0.25) is 11.8 Å².